The minimum Gasteiger partial charge on any atom is -0.493 e. The largest absolute Gasteiger partial charge is 0.493 e. The molecule has 0 saturated carbocycles. The van der Waals surface area contributed by atoms with Gasteiger partial charge in [-0.05, 0) is 42.0 Å². The molecule has 0 unspecified atom stereocenters. The number of carbonyl (C=O) groups is 1. The molecule has 2 aromatic carbocycles. The van der Waals surface area contributed by atoms with Gasteiger partial charge in [0.2, 0.25) is 5.91 Å². The van der Waals surface area contributed by atoms with Crippen molar-refractivity contribution in [3.63, 3.8) is 0 Å². The number of benzene rings is 2. The zero-order valence-corrected chi connectivity index (χ0v) is 16.0. The predicted octanol–water partition coefficient (Wildman–Crippen LogP) is 4.54. The first-order chi connectivity index (χ1) is 13.7. The van der Waals surface area contributed by atoms with Crippen LogP contribution in [0.4, 0.5) is 10.1 Å². The highest BCUT2D eigenvalue weighted by Crippen LogP contribution is 2.31. The van der Waals surface area contributed by atoms with Gasteiger partial charge in [0.05, 0.1) is 12.9 Å². The third-order valence-electron chi connectivity index (χ3n) is 3.79. The number of hydrogen-bond acceptors (Lipinski definition) is 5. The highest BCUT2D eigenvalue weighted by molar-refractivity contribution is 8.00. The summed E-state index contributed by atoms with van der Waals surface area (Å²) in [6.07, 6.45) is 3.39. The van der Waals surface area contributed by atoms with Crippen molar-refractivity contribution in [2.45, 2.75) is 11.5 Å². The number of hydrogen-bond donors (Lipinski definition) is 1. The Labute approximate surface area is 166 Å². The lowest BCUT2D eigenvalue weighted by Crippen LogP contribution is -2.14. The minimum absolute atomic E-state index is 0.0974. The molecule has 1 heterocycles. The van der Waals surface area contributed by atoms with E-state index in [0.29, 0.717) is 28.7 Å². The first-order valence-electron chi connectivity index (χ1n) is 8.52. The Hall–Kier alpha value is -3.06. The molecule has 0 bridgehead atoms. The van der Waals surface area contributed by atoms with E-state index in [1.807, 2.05) is 12.1 Å². The van der Waals surface area contributed by atoms with E-state index in [4.69, 9.17) is 9.47 Å². The van der Waals surface area contributed by atoms with Crippen molar-refractivity contribution in [1.82, 2.24) is 4.98 Å². The standard InChI is InChI=1S/C21H19FN2O3S/c1-26-18-7-6-16(12-19(18)27-13-15-8-10-23-11-9-15)24-21(25)14-28-20-5-3-2-4-17(20)22/h2-12H,13-14H2,1H3,(H,24,25). The highest BCUT2D eigenvalue weighted by atomic mass is 32.2. The molecule has 5 nitrogen and oxygen atoms in total. The Bertz CT molecular complexity index is 938. The molecular weight excluding hydrogens is 379 g/mol. The van der Waals surface area contributed by atoms with Crippen LogP contribution >= 0.6 is 11.8 Å². The fourth-order valence-electron chi connectivity index (χ4n) is 2.41. The predicted molar refractivity (Wildman–Crippen MR) is 107 cm³/mol. The zero-order valence-electron chi connectivity index (χ0n) is 15.2. The van der Waals surface area contributed by atoms with Gasteiger partial charge < -0.3 is 14.8 Å². The number of amides is 1. The van der Waals surface area contributed by atoms with E-state index in [1.54, 1.807) is 55.9 Å². The molecule has 0 fully saturated rings. The summed E-state index contributed by atoms with van der Waals surface area (Å²) in [7, 11) is 1.55. The minimum atomic E-state index is -0.337. The topological polar surface area (TPSA) is 60.5 Å². The molecule has 144 valence electrons. The van der Waals surface area contributed by atoms with Crippen LogP contribution in [0.5, 0.6) is 11.5 Å². The third-order valence-corrected chi connectivity index (χ3v) is 4.84. The Kier molecular flexibility index (Phi) is 6.86. The zero-order chi connectivity index (χ0) is 19.8. The fourth-order valence-corrected chi connectivity index (χ4v) is 3.15. The Balaban J connectivity index is 1.61. The third kappa shape index (κ3) is 5.47. The number of thioether (sulfide) groups is 1. The van der Waals surface area contributed by atoms with E-state index in [-0.39, 0.29) is 17.5 Å². The van der Waals surface area contributed by atoms with E-state index >= 15 is 0 Å². The van der Waals surface area contributed by atoms with Crippen molar-refractivity contribution in [2.75, 3.05) is 18.2 Å². The van der Waals surface area contributed by atoms with Crippen molar-refractivity contribution < 1.29 is 18.7 Å². The molecular formula is C21H19FN2O3S. The number of nitrogens with one attached hydrogen (secondary N) is 1. The fraction of sp³-hybridized carbons (Fsp3) is 0.143. The van der Waals surface area contributed by atoms with E-state index in [2.05, 4.69) is 10.3 Å². The summed E-state index contributed by atoms with van der Waals surface area (Å²) in [5.41, 5.74) is 1.54. The van der Waals surface area contributed by atoms with Crippen LogP contribution in [0.1, 0.15) is 5.56 Å². The number of anilines is 1. The summed E-state index contributed by atoms with van der Waals surface area (Å²) < 4.78 is 24.8. The van der Waals surface area contributed by atoms with Crippen LogP contribution in [0, 0.1) is 5.82 Å². The van der Waals surface area contributed by atoms with Crippen LogP contribution in [-0.4, -0.2) is 23.8 Å². The molecule has 0 saturated heterocycles. The molecule has 0 aliphatic carbocycles. The lowest BCUT2D eigenvalue weighted by Gasteiger charge is -2.13. The summed E-state index contributed by atoms with van der Waals surface area (Å²) in [5, 5.41) is 2.79. The number of pyridine rings is 1. The number of halogens is 1. The van der Waals surface area contributed by atoms with Crippen LogP contribution in [-0.2, 0) is 11.4 Å². The van der Waals surface area contributed by atoms with Gasteiger partial charge in [0.25, 0.3) is 0 Å². The molecule has 0 aliphatic heterocycles. The van der Waals surface area contributed by atoms with Gasteiger partial charge in [-0.1, -0.05) is 12.1 Å². The second-order valence-electron chi connectivity index (χ2n) is 5.78. The van der Waals surface area contributed by atoms with Crippen molar-refractivity contribution >= 4 is 23.4 Å². The second-order valence-corrected chi connectivity index (χ2v) is 6.79. The number of nitrogens with zero attached hydrogens (tertiary/aromatic N) is 1. The molecule has 0 aliphatic rings. The maximum atomic E-state index is 13.6. The molecule has 28 heavy (non-hydrogen) atoms. The average molecular weight is 398 g/mol. The van der Waals surface area contributed by atoms with Gasteiger partial charge in [0, 0.05) is 29.0 Å². The first-order valence-corrected chi connectivity index (χ1v) is 9.51. The number of carbonyl (C=O) groups excluding carboxylic acids is 1. The normalized spacial score (nSPS) is 10.4. The Morgan fingerprint density at radius 1 is 1.11 bits per heavy atom. The maximum absolute atomic E-state index is 13.6. The second kappa shape index (κ2) is 9.75. The monoisotopic (exact) mass is 398 g/mol. The molecule has 0 radical (unpaired) electrons. The summed E-state index contributed by atoms with van der Waals surface area (Å²) in [5.74, 6) is 0.599. The maximum Gasteiger partial charge on any atom is 0.234 e. The molecule has 1 amide bonds. The Morgan fingerprint density at radius 2 is 1.89 bits per heavy atom. The molecule has 3 aromatic rings. The van der Waals surface area contributed by atoms with E-state index in [1.165, 1.54) is 6.07 Å². The summed E-state index contributed by atoms with van der Waals surface area (Å²) in [6.45, 7) is 0.347. The van der Waals surface area contributed by atoms with E-state index < -0.39 is 0 Å². The number of ether oxygens (including phenoxy) is 2. The molecule has 1 N–H and O–H groups in total. The van der Waals surface area contributed by atoms with Gasteiger partial charge in [0.15, 0.2) is 11.5 Å². The van der Waals surface area contributed by atoms with E-state index in [0.717, 1.165) is 17.3 Å². The number of aromatic nitrogens is 1. The smallest absolute Gasteiger partial charge is 0.234 e. The van der Waals surface area contributed by atoms with Gasteiger partial charge in [-0.15, -0.1) is 11.8 Å². The summed E-state index contributed by atoms with van der Waals surface area (Å²) in [6, 6.07) is 15.2. The van der Waals surface area contributed by atoms with Crippen LogP contribution < -0.4 is 14.8 Å². The number of rotatable bonds is 8. The first kappa shape index (κ1) is 19.7. The highest BCUT2D eigenvalue weighted by Gasteiger charge is 2.10. The summed E-state index contributed by atoms with van der Waals surface area (Å²) >= 11 is 1.14. The van der Waals surface area contributed by atoms with Crippen molar-refractivity contribution in [3.8, 4) is 11.5 Å². The van der Waals surface area contributed by atoms with E-state index in [9.17, 15) is 9.18 Å². The SMILES string of the molecule is COc1ccc(NC(=O)CSc2ccccc2F)cc1OCc1ccncc1. The lowest BCUT2D eigenvalue weighted by molar-refractivity contribution is -0.113. The Morgan fingerprint density at radius 3 is 2.64 bits per heavy atom. The van der Waals surface area contributed by atoms with Crippen LogP contribution in [0.25, 0.3) is 0 Å². The molecule has 1 aromatic heterocycles. The van der Waals surface area contributed by atoms with Gasteiger partial charge in [-0.2, -0.15) is 0 Å². The van der Waals surface area contributed by atoms with Crippen molar-refractivity contribution in [1.29, 1.82) is 0 Å². The van der Waals surface area contributed by atoms with Crippen LogP contribution in [0.3, 0.4) is 0 Å². The lowest BCUT2D eigenvalue weighted by atomic mass is 10.2. The quantitative estimate of drug-likeness (QED) is 0.565. The van der Waals surface area contributed by atoms with Crippen molar-refractivity contribution in [3.05, 3.63) is 78.4 Å². The molecule has 0 spiro atoms. The van der Waals surface area contributed by atoms with Gasteiger partial charge in [0.1, 0.15) is 12.4 Å². The van der Waals surface area contributed by atoms with Gasteiger partial charge in [-0.3, -0.25) is 9.78 Å². The summed E-state index contributed by atoms with van der Waals surface area (Å²) in [4.78, 5) is 16.6. The average Bonchev–Trinajstić information content (AvgIpc) is 2.72. The molecule has 0 atom stereocenters. The molecule has 3 rings (SSSR count). The number of methoxy groups -OCH3 is 1. The molecule has 7 heteroatoms. The van der Waals surface area contributed by atoms with Crippen LogP contribution in [0.15, 0.2) is 71.9 Å². The van der Waals surface area contributed by atoms with Gasteiger partial charge in [-0.25, -0.2) is 4.39 Å². The van der Waals surface area contributed by atoms with Gasteiger partial charge >= 0.3 is 0 Å². The van der Waals surface area contributed by atoms with Crippen LogP contribution in [0.2, 0.25) is 0 Å². The van der Waals surface area contributed by atoms with Crippen molar-refractivity contribution in [2.24, 2.45) is 0 Å².